The van der Waals surface area contributed by atoms with E-state index in [1.807, 2.05) is 53.1 Å². The van der Waals surface area contributed by atoms with Gasteiger partial charge in [0.25, 0.3) is 5.69 Å². The van der Waals surface area contributed by atoms with Crippen LogP contribution in [0.5, 0.6) is 0 Å². The highest BCUT2D eigenvalue weighted by Crippen LogP contribution is 2.32. The zero-order chi connectivity index (χ0) is 17.2. The van der Waals surface area contributed by atoms with Crippen LogP contribution in [0, 0.1) is 10.1 Å². The van der Waals surface area contributed by atoms with Crippen LogP contribution in [0.3, 0.4) is 0 Å². The van der Waals surface area contributed by atoms with Crippen molar-refractivity contribution < 1.29 is 4.92 Å². The Kier molecular flexibility index (Phi) is 3.91. The standard InChI is InChI=1S/C18H12N4O2S/c23-22(24)14-7-4-6-13(12-14)21-17-16(10-5-11-19-17)20-18(21)25-15-8-2-1-3-9-15/h1-12H. The number of aromatic nitrogens is 3. The van der Waals surface area contributed by atoms with E-state index in [1.54, 1.807) is 12.3 Å². The molecule has 0 radical (unpaired) electrons. The fourth-order valence-corrected chi connectivity index (χ4v) is 3.46. The average molecular weight is 348 g/mol. The lowest BCUT2D eigenvalue weighted by atomic mass is 10.3. The predicted octanol–water partition coefficient (Wildman–Crippen LogP) is 4.48. The first kappa shape index (κ1) is 15.3. The Hall–Kier alpha value is -3.19. The van der Waals surface area contributed by atoms with Crippen molar-refractivity contribution in [2.75, 3.05) is 0 Å². The van der Waals surface area contributed by atoms with Gasteiger partial charge in [0, 0.05) is 23.2 Å². The molecule has 0 aliphatic rings. The van der Waals surface area contributed by atoms with E-state index in [1.165, 1.54) is 23.9 Å². The van der Waals surface area contributed by atoms with Gasteiger partial charge in [-0.15, -0.1) is 0 Å². The van der Waals surface area contributed by atoms with Crippen molar-refractivity contribution in [1.29, 1.82) is 0 Å². The number of benzene rings is 2. The minimum Gasteiger partial charge on any atom is -0.271 e. The third-order valence-electron chi connectivity index (χ3n) is 3.64. The van der Waals surface area contributed by atoms with Crippen LogP contribution in [0.4, 0.5) is 5.69 Å². The summed E-state index contributed by atoms with van der Waals surface area (Å²) in [6.45, 7) is 0. The first-order valence-electron chi connectivity index (χ1n) is 7.53. The molecule has 0 bridgehead atoms. The fraction of sp³-hybridized carbons (Fsp3) is 0. The highest BCUT2D eigenvalue weighted by Gasteiger charge is 2.16. The molecule has 122 valence electrons. The lowest BCUT2D eigenvalue weighted by molar-refractivity contribution is -0.384. The van der Waals surface area contributed by atoms with E-state index >= 15 is 0 Å². The van der Waals surface area contributed by atoms with Crippen LogP contribution in [0.2, 0.25) is 0 Å². The molecule has 6 nitrogen and oxygen atoms in total. The van der Waals surface area contributed by atoms with Gasteiger partial charge in [-0.25, -0.2) is 9.97 Å². The van der Waals surface area contributed by atoms with Crippen molar-refractivity contribution in [2.45, 2.75) is 10.1 Å². The maximum atomic E-state index is 11.1. The number of rotatable bonds is 4. The molecule has 0 spiro atoms. The van der Waals surface area contributed by atoms with E-state index in [0.29, 0.717) is 16.5 Å². The second-order valence-corrected chi connectivity index (χ2v) is 6.31. The van der Waals surface area contributed by atoms with Gasteiger partial charge in [0.15, 0.2) is 10.8 Å². The molecule has 7 heteroatoms. The molecular formula is C18H12N4O2S. The molecule has 0 saturated heterocycles. The molecule has 25 heavy (non-hydrogen) atoms. The van der Waals surface area contributed by atoms with Crippen LogP contribution in [-0.4, -0.2) is 19.5 Å². The maximum absolute atomic E-state index is 11.1. The summed E-state index contributed by atoms with van der Waals surface area (Å²) >= 11 is 1.49. The molecule has 0 atom stereocenters. The monoisotopic (exact) mass is 348 g/mol. The zero-order valence-electron chi connectivity index (χ0n) is 12.9. The van der Waals surface area contributed by atoms with Crippen LogP contribution in [0.15, 0.2) is 83.0 Å². The van der Waals surface area contributed by atoms with Crippen molar-refractivity contribution in [3.05, 3.63) is 83.0 Å². The summed E-state index contributed by atoms with van der Waals surface area (Å²) < 4.78 is 1.85. The fourth-order valence-electron chi connectivity index (χ4n) is 2.53. The number of nitrogens with zero attached hydrogens (tertiary/aromatic N) is 4. The Morgan fingerprint density at radius 2 is 1.84 bits per heavy atom. The number of non-ortho nitro benzene ring substituents is 1. The highest BCUT2D eigenvalue weighted by molar-refractivity contribution is 7.99. The van der Waals surface area contributed by atoms with E-state index < -0.39 is 4.92 Å². The van der Waals surface area contributed by atoms with E-state index in [4.69, 9.17) is 0 Å². The van der Waals surface area contributed by atoms with Crippen LogP contribution in [-0.2, 0) is 0 Å². The smallest absolute Gasteiger partial charge is 0.271 e. The van der Waals surface area contributed by atoms with Crippen LogP contribution in [0.1, 0.15) is 0 Å². The van der Waals surface area contributed by atoms with Gasteiger partial charge in [0.05, 0.1) is 10.6 Å². The van der Waals surface area contributed by atoms with Gasteiger partial charge in [-0.2, -0.15) is 0 Å². The molecular weight excluding hydrogens is 336 g/mol. The SMILES string of the molecule is O=[N+]([O-])c1cccc(-n2c(Sc3ccccc3)nc3cccnc32)c1. The van der Waals surface area contributed by atoms with Crippen molar-refractivity contribution >= 4 is 28.6 Å². The topological polar surface area (TPSA) is 73.8 Å². The second kappa shape index (κ2) is 6.37. The molecule has 0 amide bonds. The number of nitro groups is 1. The van der Waals surface area contributed by atoms with Crippen molar-refractivity contribution in [3.63, 3.8) is 0 Å². The van der Waals surface area contributed by atoms with Gasteiger partial charge in [-0.3, -0.25) is 14.7 Å². The molecule has 4 aromatic rings. The molecule has 2 aromatic heterocycles. The molecule has 2 aromatic carbocycles. The summed E-state index contributed by atoms with van der Waals surface area (Å²) in [4.78, 5) is 20.8. The third-order valence-corrected chi connectivity index (χ3v) is 4.60. The minimum atomic E-state index is -0.403. The minimum absolute atomic E-state index is 0.0333. The molecule has 0 saturated carbocycles. The Labute approximate surface area is 147 Å². The summed E-state index contributed by atoms with van der Waals surface area (Å²) in [7, 11) is 0. The van der Waals surface area contributed by atoms with Gasteiger partial charge >= 0.3 is 0 Å². The van der Waals surface area contributed by atoms with E-state index in [0.717, 1.165) is 10.4 Å². The number of hydrogen-bond donors (Lipinski definition) is 0. The number of fused-ring (bicyclic) bond motifs is 1. The van der Waals surface area contributed by atoms with Crippen LogP contribution < -0.4 is 0 Å². The van der Waals surface area contributed by atoms with E-state index in [-0.39, 0.29) is 5.69 Å². The first-order valence-corrected chi connectivity index (χ1v) is 8.35. The summed E-state index contributed by atoms with van der Waals surface area (Å²) in [5, 5.41) is 11.8. The Balaban J connectivity index is 1.90. The first-order chi connectivity index (χ1) is 12.2. The highest BCUT2D eigenvalue weighted by atomic mass is 32.2. The number of nitro benzene ring substituents is 1. The van der Waals surface area contributed by atoms with Gasteiger partial charge in [-0.1, -0.05) is 36.0 Å². The van der Waals surface area contributed by atoms with Gasteiger partial charge in [0.2, 0.25) is 0 Å². The van der Waals surface area contributed by atoms with Crippen molar-refractivity contribution in [1.82, 2.24) is 14.5 Å². The Bertz CT molecular complexity index is 1060. The van der Waals surface area contributed by atoms with Crippen molar-refractivity contribution in [3.8, 4) is 5.69 Å². The maximum Gasteiger partial charge on any atom is 0.271 e. The molecule has 0 fully saturated rings. The van der Waals surface area contributed by atoms with Crippen molar-refractivity contribution in [2.24, 2.45) is 0 Å². The largest absolute Gasteiger partial charge is 0.271 e. The molecule has 2 heterocycles. The molecule has 0 aliphatic heterocycles. The predicted molar refractivity (Wildman–Crippen MR) is 96.1 cm³/mol. The zero-order valence-corrected chi connectivity index (χ0v) is 13.8. The summed E-state index contributed by atoms with van der Waals surface area (Å²) in [6, 6.07) is 20.1. The summed E-state index contributed by atoms with van der Waals surface area (Å²) in [5.41, 5.74) is 2.11. The third kappa shape index (κ3) is 2.97. The lowest BCUT2D eigenvalue weighted by Crippen LogP contribution is -1.99. The molecule has 0 N–H and O–H groups in total. The quantitative estimate of drug-likeness (QED) is 0.401. The van der Waals surface area contributed by atoms with Gasteiger partial charge < -0.3 is 0 Å². The summed E-state index contributed by atoms with van der Waals surface area (Å²) in [6.07, 6.45) is 1.69. The lowest BCUT2D eigenvalue weighted by Gasteiger charge is -2.08. The van der Waals surface area contributed by atoms with E-state index in [9.17, 15) is 10.1 Å². The number of imidazole rings is 1. The van der Waals surface area contributed by atoms with Gasteiger partial charge in [0.1, 0.15) is 5.52 Å². The van der Waals surface area contributed by atoms with Crippen LogP contribution in [0.25, 0.3) is 16.9 Å². The number of pyridine rings is 1. The Morgan fingerprint density at radius 3 is 2.64 bits per heavy atom. The molecule has 0 unspecified atom stereocenters. The van der Waals surface area contributed by atoms with Crippen LogP contribution >= 0.6 is 11.8 Å². The number of hydrogen-bond acceptors (Lipinski definition) is 5. The normalized spacial score (nSPS) is 10.9. The molecule has 0 aliphatic carbocycles. The van der Waals surface area contributed by atoms with E-state index in [2.05, 4.69) is 9.97 Å². The molecule has 4 rings (SSSR count). The second-order valence-electron chi connectivity index (χ2n) is 5.27. The van der Waals surface area contributed by atoms with Gasteiger partial charge in [-0.05, 0) is 30.3 Å². The Morgan fingerprint density at radius 1 is 1.00 bits per heavy atom. The summed E-state index contributed by atoms with van der Waals surface area (Å²) in [5.74, 6) is 0. The average Bonchev–Trinajstić information content (AvgIpc) is 3.00.